The summed E-state index contributed by atoms with van der Waals surface area (Å²) in [6, 6.07) is 67.5. The van der Waals surface area contributed by atoms with Crippen LogP contribution in [0.5, 0.6) is 0 Å². The highest BCUT2D eigenvalue weighted by atomic mass is 16.3. The van der Waals surface area contributed by atoms with Gasteiger partial charge in [0.2, 0.25) is 5.95 Å². The molecule has 5 nitrogen and oxygen atoms in total. The Kier molecular flexibility index (Phi) is 7.42. The van der Waals surface area contributed by atoms with E-state index in [2.05, 4.69) is 174 Å². The van der Waals surface area contributed by atoms with Crippen molar-refractivity contribution in [2.24, 2.45) is 0 Å². The maximum atomic E-state index is 6.14. The quantitative estimate of drug-likeness (QED) is 0.172. The summed E-state index contributed by atoms with van der Waals surface area (Å²) in [4.78, 5) is 15.6. The van der Waals surface area contributed by atoms with Crippen molar-refractivity contribution < 1.29 is 4.42 Å². The van der Waals surface area contributed by atoms with E-state index in [0.717, 1.165) is 88.3 Å². The molecule has 0 radical (unpaired) electrons. The molecule has 11 rings (SSSR count). The lowest BCUT2D eigenvalue weighted by Crippen LogP contribution is -2.06. The zero-order chi connectivity index (χ0) is 37.0. The third-order valence-corrected chi connectivity index (χ3v) is 10.7. The SMILES string of the molecule is c1ccc(-c2ccc(-c3nc(-c4cccc(-c5ccccc5)c4)nc(-n4c5ccccc5c5cc(-c6ccc7oc8ccccc8c7c6)ccc54)n3)cc2)cc1. The minimum absolute atomic E-state index is 0.562. The molecular weight excluding hydrogens is 685 g/mol. The first-order chi connectivity index (χ1) is 27.7. The Labute approximate surface area is 322 Å². The van der Waals surface area contributed by atoms with Gasteiger partial charge in [0.25, 0.3) is 0 Å². The standard InChI is InChI=1S/C51H32N4O/c1-3-12-33(13-4-1)35-22-24-36(25-23-35)49-52-50(40-17-11-16-37(30-40)34-14-5-2-6-15-34)54-51(53-49)55-45-20-9-7-18-41(45)43-31-38(26-28-46(43)55)39-27-29-48-44(32-39)42-19-8-10-21-47(42)56-48/h1-32H. The fourth-order valence-corrected chi connectivity index (χ4v) is 7.91. The number of rotatable bonds is 6. The van der Waals surface area contributed by atoms with Gasteiger partial charge >= 0.3 is 0 Å². The fraction of sp³-hybridized carbons (Fsp3) is 0. The lowest BCUT2D eigenvalue weighted by Gasteiger charge is -2.12. The Morgan fingerprint density at radius 3 is 1.59 bits per heavy atom. The van der Waals surface area contributed by atoms with E-state index in [1.54, 1.807) is 0 Å². The summed E-state index contributed by atoms with van der Waals surface area (Å²) in [6.07, 6.45) is 0. The first kappa shape index (κ1) is 31.9. The van der Waals surface area contributed by atoms with Gasteiger partial charge in [-0.1, -0.05) is 152 Å². The molecule has 11 aromatic rings. The van der Waals surface area contributed by atoms with Gasteiger partial charge in [-0.3, -0.25) is 4.57 Å². The van der Waals surface area contributed by atoms with Crippen molar-refractivity contribution in [3.8, 4) is 62.1 Å². The first-order valence-electron chi connectivity index (χ1n) is 18.8. The van der Waals surface area contributed by atoms with Crippen LogP contribution in [0.1, 0.15) is 0 Å². The van der Waals surface area contributed by atoms with E-state index in [9.17, 15) is 0 Å². The molecule has 3 aromatic heterocycles. The van der Waals surface area contributed by atoms with Crippen LogP contribution in [0, 0.1) is 0 Å². The smallest absolute Gasteiger partial charge is 0.238 e. The van der Waals surface area contributed by atoms with E-state index < -0.39 is 0 Å². The second-order valence-electron chi connectivity index (χ2n) is 14.1. The monoisotopic (exact) mass is 716 g/mol. The molecule has 0 atom stereocenters. The van der Waals surface area contributed by atoms with Gasteiger partial charge < -0.3 is 4.42 Å². The molecule has 262 valence electrons. The molecule has 0 spiro atoms. The Bertz CT molecular complexity index is 3240. The van der Waals surface area contributed by atoms with Crippen LogP contribution in [0.3, 0.4) is 0 Å². The highest BCUT2D eigenvalue weighted by Crippen LogP contribution is 2.37. The summed E-state index contributed by atoms with van der Waals surface area (Å²) in [5.41, 5.74) is 12.5. The molecule has 8 aromatic carbocycles. The van der Waals surface area contributed by atoms with Crippen molar-refractivity contribution in [3.05, 3.63) is 194 Å². The molecular formula is C51H32N4O. The van der Waals surface area contributed by atoms with E-state index in [-0.39, 0.29) is 0 Å². The van der Waals surface area contributed by atoms with Crippen LogP contribution in [0.25, 0.3) is 106 Å². The predicted octanol–water partition coefficient (Wildman–Crippen LogP) is 13.2. The molecule has 0 saturated carbocycles. The van der Waals surface area contributed by atoms with Gasteiger partial charge in [-0.2, -0.15) is 9.97 Å². The number of hydrogen-bond acceptors (Lipinski definition) is 4. The number of para-hydroxylation sites is 2. The van der Waals surface area contributed by atoms with Crippen molar-refractivity contribution in [2.75, 3.05) is 0 Å². The number of fused-ring (bicyclic) bond motifs is 6. The molecule has 0 bridgehead atoms. The third kappa shape index (κ3) is 5.45. The molecule has 0 fully saturated rings. The highest BCUT2D eigenvalue weighted by Gasteiger charge is 2.19. The van der Waals surface area contributed by atoms with Gasteiger partial charge in [0, 0.05) is 32.7 Å². The maximum absolute atomic E-state index is 6.14. The van der Waals surface area contributed by atoms with E-state index in [0.29, 0.717) is 17.6 Å². The molecule has 0 saturated heterocycles. The van der Waals surface area contributed by atoms with Gasteiger partial charge in [0.05, 0.1) is 11.0 Å². The maximum Gasteiger partial charge on any atom is 0.238 e. The first-order valence-corrected chi connectivity index (χ1v) is 18.8. The minimum Gasteiger partial charge on any atom is -0.456 e. The topological polar surface area (TPSA) is 56.7 Å². The Morgan fingerprint density at radius 2 is 0.804 bits per heavy atom. The van der Waals surface area contributed by atoms with Crippen LogP contribution in [0.15, 0.2) is 199 Å². The van der Waals surface area contributed by atoms with Crippen molar-refractivity contribution in [1.82, 2.24) is 19.5 Å². The number of aromatic nitrogens is 4. The minimum atomic E-state index is 0.562. The molecule has 0 amide bonds. The van der Waals surface area contributed by atoms with Crippen molar-refractivity contribution in [2.45, 2.75) is 0 Å². The molecule has 0 N–H and O–H groups in total. The summed E-state index contributed by atoms with van der Waals surface area (Å²) in [5.74, 6) is 1.78. The van der Waals surface area contributed by atoms with Crippen molar-refractivity contribution >= 4 is 43.7 Å². The number of nitrogens with zero attached hydrogens (tertiary/aromatic N) is 4. The molecule has 5 heteroatoms. The van der Waals surface area contributed by atoms with Gasteiger partial charge in [-0.15, -0.1) is 0 Å². The summed E-state index contributed by atoms with van der Waals surface area (Å²) >= 11 is 0. The van der Waals surface area contributed by atoms with Crippen LogP contribution in [-0.2, 0) is 0 Å². The van der Waals surface area contributed by atoms with E-state index in [4.69, 9.17) is 19.4 Å². The highest BCUT2D eigenvalue weighted by molar-refractivity contribution is 6.11. The fourth-order valence-electron chi connectivity index (χ4n) is 7.91. The molecule has 0 aliphatic heterocycles. The molecule has 0 aliphatic carbocycles. The van der Waals surface area contributed by atoms with Crippen LogP contribution in [0.4, 0.5) is 0 Å². The van der Waals surface area contributed by atoms with Crippen LogP contribution >= 0.6 is 0 Å². The average molecular weight is 717 g/mol. The zero-order valence-electron chi connectivity index (χ0n) is 30.2. The van der Waals surface area contributed by atoms with Crippen LogP contribution in [0.2, 0.25) is 0 Å². The van der Waals surface area contributed by atoms with E-state index in [1.165, 1.54) is 0 Å². The van der Waals surface area contributed by atoms with Gasteiger partial charge in [0.1, 0.15) is 11.2 Å². The second-order valence-corrected chi connectivity index (χ2v) is 14.1. The summed E-state index contributed by atoms with van der Waals surface area (Å²) < 4.78 is 8.32. The Balaban J connectivity index is 1.09. The average Bonchev–Trinajstić information content (AvgIpc) is 3.82. The largest absolute Gasteiger partial charge is 0.456 e. The second kappa shape index (κ2) is 13.0. The number of hydrogen-bond donors (Lipinski definition) is 0. The van der Waals surface area contributed by atoms with Crippen molar-refractivity contribution in [3.63, 3.8) is 0 Å². The van der Waals surface area contributed by atoms with Crippen LogP contribution < -0.4 is 0 Å². The molecule has 3 heterocycles. The molecule has 56 heavy (non-hydrogen) atoms. The van der Waals surface area contributed by atoms with Gasteiger partial charge in [0.15, 0.2) is 11.6 Å². The van der Waals surface area contributed by atoms with Crippen LogP contribution in [-0.4, -0.2) is 19.5 Å². The summed E-state index contributed by atoms with van der Waals surface area (Å²) in [7, 11) is 0. The normalized spacial score (nSPS) is 11.6. The lowest BCUT2D eigenvalue weighted by molar-refractivity contribution is 0.669. The van der Waals surface area contributed by atoms with E-state index in [1.807, 2.05) is 24.3 Å². The number of furan rings is 1. The predicted molar refractivity (Wildman–Crippen MR) is 229 cm³/mol. The van der Waals surface area contributed by atoms with Gasteiger partial charge in [-0.25, -0.2) is 4.98 Å². The summed E-state index contributed by atoms with van der Waals surface area (Å²) in [5, 5.41) is 4.48. The van der Waals surface area contributed by atoms with Crippen molar-refractivity contribution in [1.29, 1.82) is 0 Å². The Hall–Kier alpha value is -7.63. The third-order valence-electron chi connectivity index (χ3n) is 10.7. The summed E-state index contributed by atoms with van der Waals surface area (Å²) in [6.45, 7) is 0. The number of benzene rings is 8. The van der Waals surface area contributed by atoms with Gasteiger partial charge in [-0.05, 0) is 75.8 Å². The lowest BCUT2D eigenvalue weighted by atomic mass is 10.0. The van der Waals surface area contributed by atoms with E-state index >= 15 is 0 Å². The molecule has 0 unspecified atom stereocenters. The molecule has 0 aliphatic rings. The Morgan fingerprint density at radius 1 is 0.304 bits per heavy atom. The zero-order valence-corrected chi connectivity index (χ0v) is 30.2.